The van der Waals surface area contributed by atoms with Crippen LogP contribution in [-0.2, 0) is 9.59 Å². The second-order valence-corrected chi connectivity index (χ2v) is 7.71. The fraction of sp³-hybridized carbons (Fsp3) is 0.600. The van der Waals surface area contributed by atoms with Gasteiger partial charge in [0.05, 0.1) is 6.04 Å². The number of hydrogen-bond acceptors (Lipinski definition) is 4. The highest BCUT2D eigenvalue weighted by Gasteiger charge is 2.33. The Balaban J connectivity index is 1.68. The fourth-order valence-corrected chi connectivity index (χ4v) is 3.93. The lowest BCUT2D eigenvalue weighted by Crippen LogP contribution is -2.46. The molecular weight excluding hydrogens is 330 g/mol. The first-order valence-electron chi connectivity index (χ1n) is 9.49. The number of amides is 2. The maximum absolute atomic E-state index is 12.2. The number of rotatable bonds is 3. The number of nitrogens with zero attached hydrogens (tertiary/aromatic N) is 2. The second kappa shape index (κ2) is 8.08. The molecule has 1 aromatic rings. The highest BCUT2D eigenvalue weighted by Crippen LogP contribution is 2.34. The SMILES string of the molecule is C[C@H]1CC[C@H](c2ccc(OC3CCN(C)CC3)cc2)N(C(=O)C(N)=O)C1. The van der Waals surface area contributed by atoms with Crippen molar-refractivity contribution in [2.24, 2.45) is 11.7 Å². The number of carbonyl (C=O) groups is 2. The average Bonchev–Trinajstić information content (AvgIpc) is 2.63. The molecule has 2 atom stereocenters. The van der Waals surface area contributed by atoms with Gasteiger partial charge in [0.2, 0.25) is 0 Å². The van der Waals surface area contributed by atoms with Gasteiger partial charge in [0.25, 0.3) is 0 Å². The first kappa shape index (κ1) is 18.7. The van der Waals surface area contributed by atoms with E-state index in [1.165, 1.54) is 0 Å². The second-order valence-electron chi connectivity index (χ2n) is 7.71. The van der Waals surface area contributed by atoms with Crippen LogP contribution in [0.3, 0.4) is 0 Å². The number of piperidine rings is 2. The highest BCUT2D eigenvalue weighted by atomic mass is 16.5. The molecule has 26 heavy (non-hydrogen) atoms. The van der Waals surface area contributed by atoms with Crippen molar-refractivity contribution in [3.63, 3.8) is 0 Å². The minimum absolute atomic E-state index is 0.0939. The number of hydrogen-bond donors (Lipinski definition) is 1. The van der Waals surface area contributed by atoms with Gasteiger partial charge in [-0.15, -0.1) is 0 Å². The molecule has 2 amide bonds. The van der Waals surface area contributed by atoms with Gasteiger partial charge in [-0.25, -0.2) is 0 Å². The van der Waals surface area contributed by atoms with Crippen molar-refractivity contribution in [1.29, 1.82) is 0 Å². The summed E-state index contributed by atoms with van der Waals surface area (Å²) in [5.41, 5.74) is 6.27. The van der Waals surface area contributed by atoms with Crippen LogP contribution in [0, 0.1) is 5.92 Å². The van der Waals surface area contributed by atoms with E-state index in [-0.39, 0.29) is 12.1 Å². The van der Waals surface area contributed by atoms with Crippen LogP contribution >= 0.6 is 0 Å². The van der Waals surface area contributed by atoms with Gasteiger partial charge in [-0.05, 0) is 56.3 Å². The van der Waals surface area contributed by atoms with E-state index in [0.29, 0.717) is 12.5 Å². The van der Waals surface area contributed by atoms with Crippen LogP contribution in [0.25, 0.3) is 0 Å². The molecule has 0 aliphatic carbocycles. The third kappa shape index (κ3) is 4.36. The zero-order valence-corrected chi connectivity index (χ0v) is 15.7. The molecule has 0 spiro atoms. The lowest BCUT2D eigenvalue weighted by Gasteiger charge is -2.38. The van der Waals surface area contributed by atoms with E-state index in [1.807, 2.05) is 24.3 Å². The molecular formula is C20H29N3O3. The first-order valence-corrected chi connectivity index (χ1v) is 9.49. The number of benzene rings is 1. The van der Waals surface area contributed by atoms with Crippen LogP contribution in [0.15, 0.2) is 24.3 Å². The van der Waals surface area contributed by atoms with Crippen molar-refractivity contribution in [2.75, 3.05) is 26.7 Å². The standard InChI is InChI=1S/C20H29N3O3/c1-14-3-8-18(23(13-14)20(25)19(21)24)15-4-6-16(7-5-15)26-17-9-11-22(2)12-10-17/h4-7,14,17-18H,3,8-13H2,1-2H3,(H2,21,24)/t14-,18+/m0/s1. The van der Waals surface area contributed by atoms with Gasteiger partial charge in [0.15, 0.2) is 0 Å². The number of carbonyl (C=O) groups excluding carboxylic acids is 2. The lowest BCUT2D eigenvalue weighted by molar-refractivity contribution is -0.147. The molecule has 0 unspecified atom stereocenters. The maximum Gasteiger partial charge on any atom is 0.312 e. The summed E-state index contributed by atoms with van der Waals surface area (Å²) in [5, 5.41) is 0. The van der Waals surface area contributed by atoms with E-state index in [2.05, 4.69) is 18.9 Å². The molecule has 2 N–H and O–H groups in total. The Morgan fingerprint density at radius 1 is 1.08 bits per heavy atom. The molecule has 0 radical (unpaired) electrons. The predicted molar refractivity (Wildman–Crippen MR) is 99.6 cm³/mol. The van der Waals surface area contributed by atoms with E-state index in [4.69, 9.17) is 10.5 Å². The van der Waals surface area contributed by atoms with Crippen LogP contribution in [0.1, 0.15) is 44.2 Å². The van der Waals surface area contributed by atoms with Crippen LogP contribution < -0.4 is 10.5 Å². The van der Waals surface area contributed by atoms with Crippen molar-refractivity contribution in [2.45, 2.75) is 44.8 Å². The molecule has 142 valence electrons. The van der Waals surface area contributed by atoms with Gasteiger partial charge in [-0.1, -0.05) is 19.1 Å². The van der Waals surface area contributed by atoms with Crippen LogP contribution in [0.4, 0.5) is 0 Å². The first-order chi connectivity index (χ1) is 12.4. The zero-order valence-electron chi connectivity index (χ0n) is 15.7. The quantitative estimate of drug-likeness (QED) is 0.837. The molecule has 2 fully saturated rings. The molecule has 2 heterocycles. The minimum atomic E-state index is -0.883. The summed E-state index contributed by atoms with van der Waals surface area (Å²) in [6.07, 6.45) is 4.22. The van der Waals surface area contributed by atoms with Crippen molar-refractivity contribution in [1.82, 2.24) is 9.80 Å². The normalized spacial score (nSPS) is 25.1. The van der Waals surface area contributed by atoms with Gasteiger partial charge in [0, 0.05) is 19.6 Å². The lowest BCUT2D eigenvalue weighted by atomic mass is 9.90. The summed E-state index contributed by atoms with van der Waals surface area (Å²) in [4.78, 5) is 27.5. The Morgan fingerprint density at radius 3 is 2.35 bits per heavy atom. The predicted octanol–water partition coefficient (Wildman–Crippen LogP) is 1.94. The molecule has 0 bridgehead atoms. The van der Waals surface area contributed by atoms with Crippen LogP contribution in [-0.4, -0.2) is 54.4 Å². The number of primary amides is 1. The fourth-order valence-electron chi connectivity index (χ4n) is 3.93. The Bertz CT molecular complexity index is 638. The van der Waals surface area contributed by atoms with Crippen LogP contribution in [0.5, 0.6) is 5.75 Å². The monoisotopic (exact) mass is 359 g/mol. The molecule has 0 saturated carbocycles. The Labute approximate surface area is 155 Å². The number of nitrogens with two attached hydrogens (primary N) is 1. The highest BCUT2D eigenvalue weighted by molar-refractivity contribution is 6.34. The van der Waals surface area contributed by atoms with Crippen molar-refractivity contribution < 1.29 is 14.3 Å². The average molecular weight is 359 g/mol. The summed E-state index contributed by atoms with van der Waals surface area (Å²) in [7, 11) is 2.13. The summed E-state index contributed by atoms with van der Waals surface area (Å²) < 4.78 is 6.09. The maximum atomic E-state index is 12.2. The van der Waals surface area contributed by atoms with Gasteiger partial charge in [0.1, 0.15) is 11.9 Å². The molecule has 6 heteroatoms. The summed E-state index contributed by atoms with van der Waals surface area (Å²) >= 11 is 0. The third-order valence-electron chi connectivity index (χ3n) is 5.52. The molecule has 6 nitrogen and oxygen atoms in total. The molecule has 2 aliphatic rings. The molecule has 2 aliphatic heterocycles. The third-order valence-corrected chi connectivity index (χ3v) is 5.52. The van der Waals surface area contributed by atoms with E-state index < -0.39 is 11.8 Å². The van der Waals surface area contributed by atoms with Crippen molar-refractivity contribution in [3.05, 3.63) is 29.8 Å². The molecule has 3 rings (SSSR count). The van der Waals surface area contributed by atoms with Crippen molar-refractivity contribution >= 4 is 11.8 Å². The molecule has 0 aromatic heterocycles. The molecule has 2 saturated heterocycles. The number of ether oxygens (including phenoxy) is 1. The van der Waals surface area contributed by atoms with Gasteiger partial charge in [-0.2, -0.15) is 0 Å². The largest absolute Gasteiger partial charge is 0.490 e. The Kier molecular flexibility index (Phi) is 5.81. The topological polar surface area (TPSA) is 75.9 Å². The van der Waals surface area contributed by atoms with Gasteiger partial charge >= 0.3 is 11.8 Å². The van der Waals surface area contributed by atoms with E-state index in [9.17, 15) is 9.59 Å². The smallest absolute Gasteiger partial charge is 0.312 e. The Hall–Kier alpha value is -2.08. The molecule has 1 aromatic carbocycles. The van der Waals surface area contributed by atoms with Crippen LogP contribution in [0.2, 0.25) is 0 Å². The van der Waals surface area contributed by atoms with Gasteiger partial charge in [-0.3, -0.25) is 9.59 Å². The summed E-state index contributed by atoms with van der Waals surface area (Å²) in [6, 6.07) is 7.86. The van der Waals surface area contributed by atoms with E-state index >= 15 is 0 Å². The number of likely N-dealkylation sites (tertiary alicyclic amines) is 2. The van der Waals surface area contributed by atoms with Crippen molar-refractivity contribution in [3.8, 4) is 5.75 Å². The Morgan fingerprint density at radius 2 is 1.73 bits per heavy atom. The van der Waals surface area contributed by atoms with E-state index in [1.54, 1.807) is 4.90 Å². The zero-order chi connectivity index (χ0) is 18.7. The van der Waals surface area contributed by atoms with E-state index in [0.717, 1.165) is 50.1 Å². The summed E-state index contributed by atoms with van der Waals surface area (Å²) in [5.74, 6) is -0.235. The summed E-state index contributed by atoms with van der Waals surface area (Å²) in [6.45, 7) is 4.79. The van der Waals surface area contributed by atoms with Gasteiger partial charge < -0.3 is 20.3 Å². The minimum Gasteiger partial charge on any atom is -0.490 e.